The second kappa shape index (κ2) is 8.50. The Kier molecular flexibility index (Phi) is 6.08. The number of nitrogens with zero attached hydrogens (tertiary/aromatic N) is 3. The van der Waals surface area contributed by atoms with Gasteiger partial charge in [-0.25, -0.2) is 13.1 Å². The second-order valence-electron chi connectivity index (χ2n) is 6.39. The zero-order valence-corrected chi connectivity index (χ0v) is 16.6. The van der Waals surface area contributed by atoms with E-state index in [2.05, 4.69) is 5.10 Å². The molecule has 0 saturated carbocycles. The number of rotatable bonds is 8. The standard InChI is InChI=1S/C21H25N3O2S/c1-3-15-23(16-4-2)27(25,26)20-17-24(19-13-9-6-10-14-19)22-21(20)18-11-7-5-8-12-18/h5-14,17H,3-4,15-16H2,1-2H3. The SMILES string of the molecule is CCCN(CCC)S(=O)(=O)c1cn(-c2ccccc2)nc1-c1ccccc1. The Morgan fingerprint density at radius 1 is 0.889 bits per heavy atom. The van der Waals surface area contributed by atoms with Crippen LogP contribution in [-0.4, -0.2) is 35.6 Å². The highest BCUT2D eigenvalue weighted by Gasteiger charge is 2.29. The molecule has 3 rings (SSSR count). The molecule has 0 saturated heterocycles. The minimum atomic E-state index is -3.64. The highest BCUT2D eigenvalue weighted by molar-refractivity contribution is 7.89. The van der Waals surface area contributed by atoms with Gasteiger partial charge in [0.2, 0.25) is 10.0 Å². The van der Waals surface area contributed by atoms with Crippen LogP contribution in [-0.2, 0) is 10.0 Å². The molecule has 0 atom stereocenters. The Balaban J connectivity index is 2.17. The Morgan fingerprint density at radius 3 is 2.00 bits per heavy atom. The van der Waals surface area contributed by atoms with Crippen LogP contribution in [0.1, 0.15) is 26.7 Å². The minimum absolute atomic E-state index is 0.249. The highest BCUT2D eigenvalue weighted by Crippen LogP contribution is 2.29. The van der Waals surface area contributed by atoms with Gasteiger partial charge in [0, 0.05) is 18.7 Å². The number of aromatic nitrogens is 2. The molecular formula is C21H25N3O2S. The van der Waals surface area contributed by atoms with Crippen LogP contribution in [0.5, 0.6) is 0 Å². The van der Waals surface area contributed by atoms with E-state index in [1.54, 1.807) is 15.2 Å². The lowest BCUT2D eigenvalue weighted by Gasteiger charge is -2.20. The molecule has 5 nitrogen and oxygen atoms in total. The highest BCUT2D eigenvalue weighted by atomic mass is 32.2. The van der Waals surface area contributed by atoms with Gasteiger partial charge in [-0.05, 0) is 25.0 Å². The Morgan fingerprint density at radius 2 is 1.44 bits per heavy atom. The molecule has 0 aliphatic carbocycles. The Hall–Kier alpha value is -2.44. The molecule has 0 amide bonds. The van der Waals surface area contributed by atoms with Crippen LogP contribution in [0.3, 0.4) is 0 Å². The third-order valence-corrected chi connectivity index (χ3v) is 6.21. The zero-order valence-electron chi connectivity index (χ0n) is 15.7. The number of hydrogen-bond acceptors (Lipinski definition) is 3. The van der Waals surface area contributed by atoms with Gasteiger partial charge in [-0.2, -0.15) is 9.40 Å². The fourth-order valence-corrected chi connectivity index (χ4v) is 4.81. The molecule has 0 unspecified atom stereocenters. The summed E-state index contributed by atoms with van der Waals surface area (Å²) in [4.78, 5) is 0.249. The molecule has 142 valence electrons. The summed E-state index contributed by atoms with van der Waals surface area (Å²) in [5.41, 5.74) is 2.10. The van der Waals surface area contributed by atoms with E-state index in [1.807, 2.05) is 74.5 Å². The predicted octanol–water partition coefficient (Wildman–Crippen LogP) is 4.35. The normalized spacial score (nSPS) is 11.8. The summed E-state index contributed by atoms with van der Waals surface area (Å²) in [6.45, 7) is 4.98. The average molecular weight is 384 g/mol. The summed E-state index contributed by atoms with van der Waals surface area (Å²) in [5.74, 6) is 0. The Labute approximate surface area is 161 Å². The van der Waals surface area contributed by atoms with Crippen molar-refractivity contribution in [3.8, 4) is 16.9 Å². The van der Waals surface area contributed by atoms with Crippen molar-refractivity contribution in [3.05, 3.63) is 66.9 Å². The van der Waals surface area contributed by atoms with Gasteiger partial charge in [0.25, 0.3) is 0 Å². The lowest BCUT2D eigenvalue weighted by atomic mass is 10.2. The first-order valence-corrected chi connectivity index (χ1v) is 10.7. The predicted molar refractivity (Wildman–Crippen MR) is 108 cm³/mol. The number of sulfonamides is 1. The smallest absolute Gasteiger partial charge is 0.239 e. The lowest BCUT2D eigenvalue weighted by Crippen LogP contribution is -2.32. The molecule has 6 heteroatoms. The fraction of sp³-hybridized carbons (Fsp3) is 0.286. The van der Waals surface area contributed by atoms with E-state index in [4.69, 9.17) is 0 Å². The van der Waals surface area contributed by atoms with Crippen LogP contribution in [0, 0.1) is 0 Å². The molecule has 1 aromatic heterocycles. The third-order valence-electron chi connectivity index (χ3n) is 4.31. The van der Waals surface area contributed by atoms with Gasteiger partial charge in [0.05, 0.1) is 11.9 Å². The van der Waals surface area contributed by atoms with E-state index in [0.717, 1.165) is 24.1 Å². The largest absolute Gasteiger partial charge is 0.246 e. The monoisotopic (exact) mass is 383 g/mol. The van der Waals surface area contributed by atoms with E-state index in [1.165, 1.54) is 0 Å². The van der Waals surface area contributed by atoms with Gasteiger partial charge >= 0.3 is 0 Å². The summed E-state index contributed by atoms with van der Waals surface area (Å²) < 4.78 is 30.1. The molecule has 0 fully saturated rings. The molecule has 0 N–H and O–H groups in total. The van der Waals surface area contributed by atoms with Crippen molar-refractivity contribution < 1.29 is 8.42 Å². The Bertz CT molecular complexity index is 961. The van der Waals surface area contributed by atoms with Crippen molar-refractivity contribution in [1.82, 2.24) is 14.1 Å². The van der Waals surface area contributed by atoms with Crippen molar-refractivity contribution >= 4 is 10.0 Å². The van der Waals surface area contributed by atoms with Crippen molar-refractivity contribution in [1.29, 1.82) is 0 Å². The summed E-state index contributed by atoms with van der Waals surface area (Å²) in [6.07, 6.45) is 3.17. The van der Waals surface area contributed by atoms with Gasteiger partial charge in [-0.3, -0.25) is 0 Å². The van der Waals surface area contributed by atoms with Crippen molar-refractivity contribution in [3.63, 3.8) is 0 Å². The summed E-state index contributed by atoms with van der Waals surface area (Å²) in [6, 6.07) is 19.0. The zero-order chi connectivity index (χ0) is 19.3. The lowest BCUT2D eigenvalue weighted by molar-refractivity contribution is 0.410. The number of benzene rings is 2. The van der Waals surface area contributed by atoms with Crippen LogP contribution in [0.25, 0.3) is 16.9 Å². The first-order chi connectivity index (χ1) is 13.1. The van der Waals surface area contributed by atoms with E-state index >= 15 is 0 Å². The molecule has 0 aliphatic heterocycles. The maximum atomic E-state index is 13.4. The van der Waals surface area contributed by atoms with Crippen LogP contribution in [0.4, 0.5) is 0 Å². The number of hydrogen-bond donors (Lipinski definition) is 0. The second-order valence-corrected chi connectivity index (χ2v) is 8.30. The van der Waals surface area contributed by atoms with E-state index in [9.17, 15) is 8.42 Å². The first-order valence-electron chi connectivity index (χ1n) is 9.28. The van der Waals surface area contributed by atoms with Crippen LogP contribution < -0.4 is 0 Å². The van der Waals surface area contributed by atoms with E-state index in [-0.39, 0.29) is 4.90 Å². The summed E-state index contributed by atoms with van der Waals surface area (Å²) in [5, 5.41) is 4.63. The van der Waals surface area contributed by atoms with Gasteiger partial charge in [0.1, 0.15) is 10.6 Å². The topological polar surface area (TPSA) is 55.2 Å². The van der Waals surface area contributed by atoms with Crippen molar-refractivity contribution in [2.24, 2.45) is 0 Å². The first kappa shape index (κ1) is 19.3. The van der Waals surface area contributed by atoms with Crippen LogP contribution in [0.2, 0.25) is 0 Å². The molecule has 27 heavy (non-hydrogen) atoms. The van der Waals surface area contributed by atoms with Gasteiger partial charge in [-0.1, -0.05) is 62.4 Å². The minimum Gasteiger partial charge on any atom is -0.239 e. The fourth-order valence-electron chi connectivity index (χ4n) is 3.05. The van der Waals surface area contributed by atoms with Crippen molar-refractivity contribution in [2.45, 2.75) is 31.6 Å². The van der Waals surface area contributed by atoms with Crippen LogP contribution in [0.15, 0.2) is 71.8 Å². The molecule has 0 spiro atoms. The molecule has 0 radical (unpaired) electrons. The molecule has 0 bridgehead atoms. The molecule has 0 aliphatic rings. The van der Waals surface area contributed by atoms with Crippen molar-refractivity contribution in [2.75, 3.05) is 13.1 Å². The summed E-state index contributed by atoms with van der Waals surface area (Å²) >= 11 is 0. The molecule has 3 aromatic rings. The van der Waals surface area contributed by atoms with Gasteiger partial charge < -0.3 is 0 Å². The van der Waals surface area contributed by atoms with Crippen LogP contribution >= 0.6 is 0 Å². The van der Waals surface area contributed by atoms with E-state index in [0.29, 0.717) is 18.8 Å². The molecule has 1 heterocycles. The third kappa shape index (κ3) is 4.12. The van der Waals surface area contributed by atoms with Gasteiger partial charge in [0.15, 0.2) is 0 Å². The maximum Gasteiger partial charge on any atom is 0.246 e. The maximum absolute atomic E-state index is 13.4. The van der Waals surface area contributed by atoms with E-state index < -0.39 is 10.0 Å². The quantitative estimate of drug-likeness (QED) is 0.581. The molecular weight excluding hydrogens is 358 g/mol. The number of para-hydroxylation sites is 1. The van der Waals surface area contributed by atoms with Gasteiger partial charge in [-0.15, -0.1) is 0 Å². The average Bonchev–Trinajstić information content (AvgIpc) is 3.16. The summed E-state index contributed by atoms with van der Waals surface area (Å²) in [7, 11) is -3.64. The molecule has 2 aromatic carbocycles.